The molecule has 1 aromatic heterocycles. The number of nitrogens with zero attached hydrogens (tertiary/aromatic N) is 2. The van der Waals surface area contributed by atoms with Crippen molar-refractivity contribution in [2.45, 2.75) is 58.2 Å². The average Bonchev–Trinajstić information content (AvgIpc) is 3.39. The number of hydrogen-bond acceptors (Lipinski definition) is 6. The third kappa shape index (κ3) is 6.50. The predicted octanol–water partition coefficient (Wildman–Crippen LogP) is 4.05. The van der Waals surface area contributed by atoms with Crippen LogP contribution in [0.25, 0.3) is 0 Å². The van der Waals surface area contributed by atoms with Gasteiger partial charge in [-0.2, -0.15) is 0 Å². The van der Waals surface area contributed by atoms with Crippen LogP contribution in [0.4, 0.5) is 11.4 Å². The van der Waals surface area contributed by atoms with Crippen LogP contribution in [-0.4, -0.2) is 41.9 Å². The number of amides is 2. The number of thioether (sulfide) groups is 1. The molecule has 8 heteroatoms. The summed E-state index contributed by atoms with van der Waals surface area (Å²) < 4.78 is 5.16. The van der Waals surface area contributed by atoms with E-state index >= 15 is 0 Å². The molecule has 1 fully saturated rings. The van der Waals surface area contributed by atoms with E-state index in [1.807, 2.05) is 39.0 Å². The van der Waals surface area contributed by atoms with E-state index in [9.17, 15) is 9.59 Å². The summed E-state index contributed by atoms with van der Waals surface area (Å²) in [6.07, 6.45) is 3.81. The second-order valence-electron chi connectivity index (χ2n) is 7.94. The van der Waals surface area contributed by atoms with Crippen LogP contribution in [0.3, 0.4) is 0 Å². The number of aryl methyl sites for hydroxylation is 2. The maximum Gasteiger partial charge on any atom is 0.246 e. The molecule has 2 heterocycles. The Morgan fingerprint density at radius 1 is 1.26 bits per heavy atom. The van der Waals surface area contributed by atoms with Crippen LogP contribution in [0.2, 0.25) is 0 Å². The second-order valence-corrected chi connectivity index (χ2v) is 8.92. The number of rotatable bonds is 10. The van der Waals surface area contributed by atoms with Crippen molar-refractivity contribution in [3.63, 3.8) is 0 Å². The lowest BCUT2D eigenvalue weighted by Crippen LogP contribution is -2.44. The van der Waals surface area contributed by atoms with Gasteiger partial charge in [-0.1, -0.05) is 24.6 Å². The van der Waals surface area contributed by atoms with Gasteiger partial charge in [0, 0.05) is 35.8 Å². The van der Waals surface area contributed by atoms with Crippen molar-refractivity contribution in [1.82, 2.24) is 10.5 Å². The van der Waals surface area contributed by atoms with Gasteiger partial charge < -0.3 is 20.1 Å². The minimum Gasteiger partial charge on any atom is -0.371 e. The number of hydrogen-bond donors (Lipinski definition) is 2. The van der Waals surface area contributed by atoms with Crippen LogP contribution < -0.4 is 15.5 Å². The molecule has 0 bridgehead atoms. The van der Waals surface area contributed by atoms with Crippen molar-refractivity contribution in [3.05, 3.63) is 41.3 Å². The van der Waals surface area contributed by atoms with Gasteiger partial charge in [0.05, 0.1) is 11.4 Å². The Bertz CT molecular complexity index is 873. The highest BCUT2D eigenvalue weighted by molar-refractivity contribution is 7.99. The molecule has 2 N–H and O–H groups in total. The van der Waals surface area contributed by atoms with E-state index in [0.29, 0.717) is 12.2 Å². The van der Waals surface area contributed by atoms with Gasteiger partial charge in [0.25, 0.3) is 0 Å². The maximum absolute atomic E-state index is 12.9. The van der Waals surface area contributed by atoms with Gasteiger partial charge in [-0.3, -0.25) is 9.59 Å². The summed E-state index contributed by atoms with van der Waals surface area (Å²) in [6.45, 7) is 7.88. The molecule has 2 aromatic rings. The number of aromatic nitrogens is 1. The minimum atomic E-state index is -0.549. The quantitative estimate of drug-likeness (QED) is 0.575. The van der Waals surface area contributed by atoms with Crippen LogP contribution in [0, 0.1) is 13.8 Å². The smallest absolute Gasteiger partial charge is 0.246 e. The zero-order chi connectivity index (χ0) is 22.2. The standard InChI is InChI=1S/C23H32N4O3S/c1-4-8-21(25-22(28)15-31-14-20-16(2)26-30-17(20)3)23(29)24-18-9-7-10-19(13-18)27-11-5-6-12-27/h7,9-10,13,21H,4-6,8,11-12,14-15H2,1-3H3,(H,24,29)(H,25,28). The van der Waals surface area contributed by atoms with Gasteiger partial charge in [-0.15, -0.1) is 11.8 Å². The number of carbonyl (C=O) groups excluding carboxylic acids is 2. The van der Waals surface area contributed by atoms with E-state index in [4.69, 9.17) is 4.52 Å². The molecular weight excluding hydrogens is 412 g/mol. The normalized spacial score (nSPS) is 14.5. The van der Waals surface area contributed by atoms with Crippen molar-refractivity contribution < 1.29 is 14.1 Å². The Hall–Kier alpha value is -2.48. The first-order valence-electron chi connectivity index (χ1n) is 10.9. The predicted molar refractivity (Wildman–Crippen MR) is 125 cm³/mol. The fourth-order valence-electron chi connectivity index (χ4n) is 3.73. The van der Waals surface area contributed by atoms with Gasteiger partial charge in [0.1, 0.15) is 11.8 Å². The third-order valence-corrected chi connectivity index (χ3v) is 6.43. The number of anilines is 2. The van der Waals surface area contributed by atoms with Gasteiger partial charge in [-0.25, -0.2) is 0 Å². The average molecular weight is 445 g/mol. The summed E-state index contributed by atoms with van der Waals surface area (Å²) in [5.41, 5.74) is 3.77. The maximum atomic E-state index is 12.9. The Kier molecular flexibility index (Phi) is 8.40. The van der Waals surface area contributed by atoms with Crippen molar-refractivity contribution in [1.29, 1.82) is 0 Å². The van der Waals surface area contributed by atoms with Crippen molar-refractivity contribution in [3.8, 4) is 0 Å². The summed E-state index contributed by atoms with van der Waals surface area (Å²) in [4.78, 5) is 27.6. The molecule has 1 aliphatic heterocycles. The highest BCUT2D eigenvalue weighted by Crippen LogP contribution is 2.23. The van der Waals surface area contributed by atoms with E-state index in [-0.39, 0.29) is 17.6 Å². The molecule has 1 aromatic carbocycles. The number of benzene rings is 1. The van der Waals surface area contributed by atoms with Crippen molar-refractivity contribution in [2.24, 2.45) is 0 Å². The molecule has 3 rings (SSSR count). The molecule has 0 spiro atoms. The van der Waals surface area contributed by atoms with Gasteiger partial charge >= 0.3 is 0 Å². The molecule has 168 valence electrons. The molecule has 1 saturated heterocycles. The molecule has 0 aliphatic carbocycles. The van der Waals surface area contributed by atoms with Crippen LogP contribution in [0.5, 0.6) is 0 Å². The fraction of sp³-hybridized carbons (Fsp3) is 0.522. The summed E-state index contributed by atoms with van der Waals surface area (Å²) in [6, 6.07) is 7.38. The Balaban J connectivity index is 1.52. The topological polar surface area (TPSA) is 87.5 Å². The van der Waals surface area contributed by atoms with Crippen molar-refractivity contribution in [2.75, 3.05) is 29.1 Å². The Labute approximate surface area is 188 Å². The zero-order valence-electron chi connectivity index (χ0n) is 18.6. The molecule has 31 heavy (non-hydrogen) atoms. The molecule has 1 aliphatic rings. The molecule has 1 unspecified atom stereocenters. The Morgan fingerprint density at radius 3 is 2.71 bits per heavy atom. The summed E-state index contributed by atoms with van der Waals surface area (Å²) in [5, 5.41) is 9.81. The fourth-order valence-corrected chi connectivity index (χ4v) is 4.72. The molecule has 2 amide bonds. The Morgan fingerprint density at radius 2 is 2.03 bits per heavy atom. The summed E-state index contributed by atoms with van der Waals surface area (Å²) in [7, 11) is 0. The molecule has 7 nitrogen and oxygen atoms in total. The van der Waals surface area contributed by atoms with Crippen LogP contribution in [0.1, 0.15) is 49.6 Å². The third-order valence-electron chi connectivity index (χ3n) is 5.47. The SMILES string of the molecule is CCCC(NC(=O)CSCc1c(C)noc1C)C(=O)Nc1cccc(N2CCCC2)c1. The number of nitrogens with one attached hydrogen (secondary N) is 2. The van der Waals surface area contributed by atoms with Crippen molar-refractivity contribution >= 4 is 35.0 Å². The van der Waals surface area contributed by atoms with Gasteiger partial charge in [-0.05, 0) is 51.3 Å². The zero-order valence-corrected chi connectivity index (χ0v) is 19.4. The summed E-state index contributed by atoms with van der Waals surface area (Å²) in [5.74, 6) is 1.40. The highest BCUT2D eigenvalue weighted by Gasteiger charge is 2.21. The first-order chi connectivity index (χ1) is 15.0. The van der Waals surface area contributed by atoms with E-state index in [1.165, 1.54) is 24.6 Å². The number of carbonyl (C=O) groups is 2. The lowest BCUT2D eigenvalue weighted by atomic mass is 10.1. The van der Waals surface area contributed by atoms with E-state index < -0.39 is 6.04 Å². The highest BCUT2D eigenvalue weighted by atomic mass is 32.2. The lowest BCUT2D eigenvalue weighted by Gasteiger charge is -2.20. The summed E-state index contributed by atoms with van der Waals surface area (Å²) >= 11 is 1.49. The van der Waals surface area contributed by atoms with Gasteiger partial charge in [0.2, 0.25) is 11.8 Å². The van der Waals surface area contributed by atoms with Gasteiger partial charge in [0.15, 0.2) is 0 Å². The van der Waals surface area contributed by atoms with E-state index in [1.54, 1.807) is 0 Å². The molecule has 0 saturated carbocycles. The van der Waals surface area contributed by atoms with Crippen LogP contribution in [0.15, 0.2) is 28.8 Å². The van der Waals surface area contributed by atoms with Crippen LogP contribution in [-0.2, 0) is 15.3 Å². The van der Waals surface area contributed by atoms with E-state index in [0.717, 1.165) is 47.9 Å². The second kappa shape index (κ2) is 11.2. The monoisotopic (exact) mass is 444 g/mol. The first kappa shape index (κ1) is 23.2. The molecule has 0 radical (unpaired) electrons. The minimum absolute atomic E-state index is 0.142. The largest absolute Gasteiger partial charge is 0.371 e. The molecule has 1 atom stereocenters. The van der Waals surface area contributed by atoms with Crippen LogP contribution >= 0.6 is 11.8 Å². The van der Waals surface area contributed by atoms with E-state index in [2.05, 4.69) is 26.8 Å². The lowest BCUT2D eigenvalue weighted by molar-refractivity contribution is -0.125. The first-order valence-corrected chi connectivity index (χ1v) is 12.1. The molecular formula is C23H32N4O3S.